The molecule has 1 unspecified atom stereocenters. The number of aryl methyl sites for hydroxylation is 1. The molecule has 1 atom stereocenters. The Morgan fingerprint density at radius 3 is 2.74 bits per heavy atom. The van der Waals surface area contributed by atoms with Gasteiger partial charge in [-0.05, 0) is 60.7 Å². The van der Waals surface area contributed by atoms with Gasteiger partial charge in [0.25, 0.3) is 0 Å². The summed E-state index contributed by atoms with van der Waals surface area (Å²) in [5.74, 6) is -0.207. The molecule has 102 valence electrons. The highest BCUT2D eigenvalue weighted by atomic mass is 79.9. The zero-order valence-electron chi connectivity index (χ0n) is 11.0. The maximum atomic E-state index is 13.6. The van der Waals surface area contributed by atoms with E-state index in [4.69, 9.17) is 0 Å². The van der Waals surface area contributed by atoms with Crippen molar-refractivity contribution < 1.29 is 4.39 Å². The Labute approximate surface area is 126 Å². The number of nitrogens with one attached hydrogen (secondary N) is 1. The van der Waals surface area contributed by atoms with Crippen LogP contribution in [0.25, 0.3) is 0 Å². The maximum Gasteiger partial charge on any atom is 0.124 e. The van der Waals surface area contributed by atoms with Crippen LogP contribution in [0.4, 0.5) is 4.39 Å². The molecule has 1 heterocycles. The molecule has 0 fully saturated rings. The standard InChI is InChI=1S/C15H17BrFNS/c1-3-5-18-14(15-10(2)4-6-19-15)11-7-12(16)9-13(17)8-11/h4,6-9,14,18H,3,5H2,1-2H3. The highest BCUT2D eigenvalue weighted by molar-refractivity contribution is 9.10. The normalized spacial score (nSPS) is 12.6. The van der Waals surface area contributed by atoms with Crippen LogP contribution in [-0.4, -0.2) is 6.54 Å². The van der Waals surface area contributed by atoms with Crippen molar-refractivity contribution in [3.05, 3.63) is 55.9 Å². The van der Waals surface area contributed by atoms with Gasteiger partial charge in [0.2, 0.25) is 0 Å². The lowest BCUT2D eigenvalue weighted by molar-refractivity contribution is 0.589. The number of rotatable bonds is 5. The molecule has 0 saturated carbocycles. The molecule has 1 aromatic heterocycles. The SMILES string of the molecule is CCCNC(c1cc(F)cc(Br)c1)c1sccc1C. The maximum absolute atomic E-state index is 13.6. The molecule has 0 saturated heterocycles. The minimum Gasteiger partial charge on any atom is -0.306 e. The Bertz CT molecular complexity index is 533. The third-order valence-electron chi connectivity index (χ3n) is 2.98. The Morgan fingerprint density at radius 1 is 1.37 bits per heavy atom. The minimum atomic E-state index is -0.207. The summed E-state index contributed by atoms with van der Waals surface area (Å²) in [6, 6.07) is 7.25. The van der Waals surface area contributed by atoms with Crippen LogP contribution < -0.4 is 5.32 Å². The second kappa shape index (κ2) is 6.64. The van der Waals surface area contributed by atoms with Gasteiger partial charge in [-0.2, -0.15) is 0 Å². The van der Waals surface area contributed by atoms with Gasteiger partial charge in [-0.1, -0.05) is 22.9 Å². The third kappa shape index (κ3) is 3.65. The van der Waals surface area contributed by atoms with Gasteiger partial charge in [0, 0.05) is 9.35 Å². The van der Waals surface area contributed by atoms with Crippen LogP contribution in [0.1, 0.15) is 35.4 Å². The zero-order chi connectivity index (χ0) is 13.8. The number of hydrogen-bond donors (Lipinski definition) is 1. The summed E-state index contributed by atoms with van der Waals surface area (Å²) in [7, 11) is 0. The molecule has 19 heavy (non-hydrogen) atoms. The largest absolute Gasteiger partial charge is 0.306 e. The second-order valence-electron chi connectivity index (χ2n) is 4.56. The van der Waals surface area contributed by atoms with Gasteiger partial charge >= 0.3 is 0 Å². The van der Waals surface area contributed by atoms with Crippen LogP contribution in [0.5, 0.6) is 0 Å². The summed E-state index contributed by atoms with van der Waals surface area (Å²) in [5.41, 5.74) is 2.21. The van der Waals surface area contributed by atoms with E-state index in [0.717, 1.165) is 23.0 Å². The summed E-state index contributed by atoms with van der Waals surface area (Å²) >= 11 is 5.08. The van der Waals surface area contributed by atoms with Gasteiger partial charge in [-0.15, -0.1) is 11.3 Å². The van der Waals surface area contributed by atoms with Crippen LogP contribution in [0.2, 0.25) is 0 Å². The molecule has 2 rings (SSSR count). The van der Waals surface area contributed by atoms with E-state index in [1.807, 2.05) is 6.07 Å². The lowest BCUT2D eigenvalue weighted by Gasteiger charge is -2.19. The van der Waals surface area contributed by atoms with Crippen LogP contribution >= 0.6 is 27.3 Å². The molecular weight excluding hydrogens is 325 g/mol. The molecule has 0 amide bonds. The van der Waals surface area contributed by atoms with Crippen molar-refractivity contribution in [1.82, 2.24) is 5.32 Å². The molecule has 0 aliphatic heterocycles. The summed E-state index contributed by atoms with van der Waals surface area (Å²) in [5, 5.41) is 5.59. The molecule has 2 aromatic rings. The Hall–Kier alpha value is -0.710. The van der Waals surface area contributed by atoms with E-state index in [9.17, 15) is 4.39 Å². The van der Waals surface area contributed by atoms with Crippen LogP contribution in [0, 0.1) is 12.7 Å². The van der Waals surface area contributed by atoms with Crippen LogP contribution in [0.3, 0.4) is 0 Å². The molecular formula is C15H17BrFNS. The fourth-order valence-corrected chi connectivity index (χ4v) is 3.58. The van der Waals surface area contributed by atoms with Crippen molar-refractivity contribution in [3.63, 3.8) is 0 Å². The van der Waals surface area contributed by atoms with E-state index >= 15 is 0 Å². The Kier molecular flexibility index (Phi) is 5.13. The first-order valence-electron chi connectivity index (χ1n) is 6.35. The average Bonchev–Trinajstić information content (AvgIpc) is 2.75. The second-order valence-corrected chi connectivity index (χ2v) is 6.42. The van der Waals surface area contributed by atoms with Gasteiger partial charge in [0.15, 0.2) is 0 Å². The highest BCUT2D eigenvalue weighted by Gasteiger charge is 2.17. The third-order valence-corrected chi connectivity index (χ3v) is 4.52. The van der Waals surface area contributed by atoms with Gasteiger partial charge in [0.05, 0.1) is 6.04 Å². The smallest absolute Gasteiger partial charge is 0.124 e. The number of halogens is 2. The van der Waals surface area contributed by atoms with E-state index in [-0.39, 0.29) is 11.9 Å². The first kappa shape index (κ1) is 14.7. The molecule has 0 spiro atoms. The van der Waals surface area contributed by atoms with Crippen molar-refractivity contribution in [2.75, 3.05) is 6.54 Å². The molecule has 0 bridgehead atoms. The van der Waals surface area contributed by atoms with Gasteiger partial charge in [0.1, 0.15) is 5.82 Å². The Balaban J connectivity index is 2.39. The highest BCUT2D eigenvalue weighted by Crippen LogP contribution is 2.31. The monoisotopic (exact) mass is 341 g/mol. The van der Waals surface area contributed by atoms with Crippen LogP contribution in [-0.2, 0) is 0 Å². The zero-order valence-corrected chi connectivity index (χ0v) is 13.4. The molecule has 0 aliphatic carbocycles. The van der Waals surface area contributed by atoms with Crippen molar-refractivity contribution in [1.29, 1.82) is 0 Å². The van der Waals surface area contributed by atoms with Crippen molar-refractivity contribution >= 4 is 27.3 Å². The van der Waals surface area contributed by atoms with Crippen molar-refractivity contribution in [2.24, 2.45) is 0 Å². The summed E-state index contributed by atoms with van der Waals surface area (Å²) in [6.45, 7) is 5.14. The van der Waals surface area contributed by atoms with Crippen molar-refractivity contribution in [3.8, 4) is 0 Å². The molecule has 1 N–H and O–H groups in total. The van der Waals surface area contributed by atoms with E-state index in [1.54, 1.807) is 17.4 Å². The van der Waals surface area contributed by atoms with Crippen LogP contribution in [0.15, 0.2) is 34.1 Å². The Morgan fingerprint density at radius 2 is 2.16 bits per heavy atom. The molecule has 1 nitrogen and oxygen atoms in total. The fourth-order valence-electron chi connectivity index (χ4n) is 2.07. The fraction of sp³-hybridized carbons (Fsp3) is 0.333. The topological polar surface area (TPSA) is 12.0 Å². The number of benzene rings is 1. The minimum absolute atomic E-state index is 0.0620. The summed E-state index contributed by atoms with van der Waals surface area (Å²) < 4.78 is 14.4. The quantitative estimate of drug-likeness (QED) is 0.802. The molecule has 4 heteroatoms. The van der Waals surface area contributed by atoms with E-state index < -0.39 is 0 Å². The van der Waals surface area contributed by atoms with Crippen molar-refractivity contribution in [2.45, 2.75) is 26.3 Å². The lowest BCUT2D eigenvalue weighted by Crippen LogP contribution is -2.23. The van der Waals surface area contributed by atoms with E-state index in [2.05, 4.69) is 46.5 Å². The van der Waals surface area contributed by atoms with Gasteiger partial charge < -0.3 is 5.32 Å². The summed E-state index contributed by atoms with van der Waals surface area (Å²) in [6.07, 6.45) is 1.05. The first-order valence-corrected chi connectivity index (χ1v) is 8.02. The average molecular weight is 342 g/mol. The molecule has 1 aromatic carbocycles. The summed E-state index contributed by atoms with van der Waals surface area (Å²) in [4.78, 5) is 1.26. The number of thiophene rings is 1. The molecule has 0 aliphatic rings. The first-order chi connectivity index (χ1) is 9.11. The van der Waals surface area contributed by atoms with Gasteiger partial charge in [-0.3, -0.25) is 0 Å². The predicted molar refractivity (Wildman–Crippen MR) is 83.3 cm³/mol. The van der Waals surface area contributed by atoms with E-state index in [1.165, 1.54) is 16.5 Å². The van der Waals surface area contributed by atoms with Gasteiger partial charge in [-0.25, -0.2) is 4.39 Å². The predicted octanol–water partition coefficient (Wildman–Crippen LogP) is 5.05. The number of hydrogen-bond acceptors (Lipinski definition) is 2. The lowest BCUT2D eigenvalue weighted by atomic mass is 10.0. The molecule has 0 radical (unpaired) electrons. The van der Waals surface area contributed by atoms with E-state index in [0.29, 0.717) is 0 Å².